The van der Waals surface area contributed by atoms with Gasteiger partial charge in [-0.15, -0.1) is 6.58 Å². The summed E-state index contributed by atoms with van der Waals surface area (Å²) in [5, 5.41) is 0. The first-order valence-electron chi connectivity index (χ1n) is 7.90. The summed E-state index contributed by atoms with van der Waals surface area (Å²) in [5.74, 6) is 1.94. The average Bonchev–Trinajstić information content (AvgIpc) is 2.35. The number of hydrogen-bond acceptors (Lipinski definition) is 0. The predicted octanol–water partition coefficient (Wildman–Crippen LogP) is 6.37. The van der Waals surface area contributed by atoms with Crippen LogP contribution in [0.4, 0.5) is 0 Å². The van der Waals surface area contributed by atoms with Crippen molar-refractivity contribution >= 4 is 0 Å². The van der Waals surface area contributed by atoms with E-state index in [0.717, 1.165) is 11.8 Å². The molecule has 0 bridgehead atoms. The van der Waals surface area contributed by atoms with Gasteiger partial charge in [0.2, 0.25) is 0 Å². The Hall–Kier alpha value is -0.260. The third-order valence-electron chi connectivity index (χ3n) is 3.92. The summed E-state index contributed by atoms with van der Waals surface area (Å²) < 4.78 is 0. The lowest BCUT2D eigenvalue weighted by molar-refractivity contribution is 0.251. The summed E-state index contributed by atoms with van der Waals surface area (Å²) in [4.78, 5) is 0. The van der Waals surface area contributed by atoms with Gasteiger partial charge in [0.1, 0.15) is 0 Å². The highest BCUT2D eigenvalue weighted by molar-refractivity contribution is 4.75. The van der Waals surface area contributed by atoms with Crippen molar-refractivity contribution in [3.63, 3.8) is 0 Å². The van der Waals surface area contributed by atoms with Gasteiger partial charge in [0.15, 0.2) is 0 Å². The number of unbranched alkanes of at least 4 members (excludes halogenated alkanes) is 2. The molecule has 0 aliphatic rings. The third kappa shape index (κ3) is 8.46. The van der Waals surface area contributed by atoms with E-state index in [-0.39, 0.29) is 0 Å². The number of hydrogen-bond donors (Lipinski definition) is 0. The Kier molecular flexibility index (Phi) is 12.0. The monoisotopic (exact) mass is 238 g/mol. The standard InChI is InChI=1S/C17H34/c1-5-9-13-16(12-8-4)17(14-10-6-2)15-11-7-3/h6,16-17H,2,5,7-15H2,1,3-4H3. The van der Waals surface area contributed by atoms with Gasteiger partial charge < -0.3 is 0 Å². The maximum Gasteiger partial charge on any atom is -0.0351 e. The zero-order valence-corrected chi connectivity index (χ0v) is 12.5. The summed E-state index contributed by atoms with van der Waals surface area (Å²) in [6.07, 6.45) is 15.9. The van der Waals surface area contributed by atoms with Gasteiger partial charge in [0.25, 0.3) is 0 Å². The van der Waals surface area contributed by atoms with Gasteiger partial charge in [-0.3, -0.25) is 0 Å². The zero-order chi connectivity index (χ0) is 12.9. The van der Waals surface area contributed by atoms with E-state index < -0.39 is 0 Å². The van der Waals surface area contributed by atoms with Crippen molar-refractivity contribution in [3.8, 4) is 0 Å². The van der Waals surface area contributed by atoms with Crippen LogP contribution in [0.25, 0.3) is 0 Å². The quantitative estimate of drug-likeness (QED) is 0.347. The molecule has 0 amide bonds. The van der Waals surface area contributed by atoms with Crippen molar-refractivity contribution < 1.29 is 0 Å². The minimum Gasteiger partial charge on any atom is -0.103 e. The van der Waals surface area contributed by atoms with Gasteiger partial charge in [0.05, 0.1) is 0 Å². The largest absolute Gasteiger partial charge is 0.103 e. The van der Waals surface area contributed by atoms with Crippen molar-refractivity contribution in [3.05, 3.63) is 12.7 Å². The SMILES string of the molecule is C=CCCC(CCCC)C(CCC)CCCC. The number of rotatable bonds is 12. The Balaban J connectivity index is 4.25. The molecule has 0 N–H and O–H groups in total. The second-order valence-corrected chi connectivity index (χ2v) is 5.46. The second-order valence-electron chi connectivity index (χ2n) is 5.46. The summed E-state index contributed by atoms with van der Waals surface area (Å²) in [6.45, 7) is 10.8. The van der Waals surface area contributed by atoms with Gasteiger partial charge in [-0.1, -0.05) is 78.2 Å². The Bertz CT molecular complexity index is 159. The lowest BCUT2D eigenvalue weighted by Crippen LogP contribution is -2.15. The Labute approximate surface area is 110 Å². The van der Waals surface area contributed by atoms with Crippen LogP contribution in [0.1, 0.15) is 85.0 Å². The molecular weight excluding hydrogens is 204 g/mol. The van der Waals surface area contributed by atoms with Crippen LogP contribution < -0.4 is 0 Å². The zero-order valence-electron chi connectivity index (χ0n) is 12.5. The molecule has 0 rings (SSSR count). The Morgan fingerprint density at radius 1 is 0.765 bits per heavy atom. The van der Waals surface area contributed by atoms with Crippen LogP contribution in [0, 0.1) is 11.8 Å². The van der Waals surface area contributed by atoms with E-state index in [0.29, 0.717) is 0 Å². The molecule has 0 nitrogen and oxygen atoms in total. The molecule has 0 radical (unpaired) electrons. The van der Waals surface area contributed by atoms with Gasteiger partial charge >= 0.3 is 0 Å². The molecule has 2 unspecified atom stereocenters. The first-order chi connectivity index (χ1) is 8.29. The molecule has 0 aliphatic heterocycles. The summed E-state index contributed by atoms with van der Waals surface area (Å²) in [7, 11) is 0. The third-order valence-corrected chi connectivity index (χ3v) is 3.92. The fourth-order valence-corrected chi connectivity index (χ4v) is 2.87. The predicted molar refractivity (Wildman–Crippen MR) is 80.4 cm³/mol. The first-order valence-corrected chi connectivity index (χ1v) is 7.90. The normalized spacial score (nSPS) is 14.5. The summed E-state index contributed by atoms with van der Waals surface area (Å²) in [5.41, 5.74) is 0. The highest BCUT2D eigenvalue weighted by atomic mass is 14.2. The van der Waals surface area contributed by atoms with Gasteiger partial charge in [-0.25, -0.2) is 0 Å². The highest BCUT2D eigenvalue weighted by Gasteiger charge is 2.19. The molecule has 102 valence electrons. The average molecular weight is 238 g/mol. The summed E-state index contributed by atoms with van der Waals surface area (Å²) >= 11 is 0. The van der Waals surface area contributed by atoms with Crippen LogP contribution in [0.3, 0.4) is 0 Å². The van der Waals surface area contributed by atoms with Crippen molar-refractivity contribution in [2.45, 2.75) is 85.0 Å². The first kappa shape index (κ1) is 16.7. The molecule has 0 aromatic heterocycles. The molecule has 0 spiro atoms. The van der Waals surface area contributed by atoms with Gasteiger partial charge in [-0.2, -0.15) is 0 Å². The molecule has 0 saturated carbocycles. The van der Waals surface area contributed by atoms with Crippen LogP contribution in [-0.2, 0) is 0 Å². The molecule has 0 heterocycles. The lowest BCUT2D eigenvalue weighted by atomic mass is 9.79. The van der Waals surface area contributed by atoms with Crippen molar-refractivity contribution in [2.75, 3.05) is 0 Å². The summed E-state index contributed by atoms with van der Waals surface area (Å²) in [6, 6.07) is 0. The number of allylic oxidation sites excluding steroid dienone is 1. The highest BCUT2D eigenvalue weighted by Crippen LogP contribution is 2.31. The molecule has 0 aliphatic carbocycles. The lowest BCUT2D eigenvalue weighted by Gasteiger charge is -2.27. The Morgan fingerprint density at radius 3 is 1.71 bits per heavy atom. The molecule has 0 aromatic carbocycles. The topological polar surface area (TPSA) is 0 Å². The van der Waals surface area contributed by atoms with Crippen LogP contribution in [0.2, 0.25) is 0 Å². The second kappa shape index (κ2) is 12.2. The minimum absolute atomic E-state index is 0.958. The van der Waals surface area contributed by atoms with Crippen molar-refractivity contribution in [2.24, 2.45) is 11.8 Å². The molecule has 0 saturated heterocycles. The van der Waals surface area contributed by atoms with E-state index in [9.17, 15) is 0 Å². The maximum atomic E-state index is 3.88. The van der Waals surface area contributed by atoms with E-state index >= 15 is 0 Å². The molecular formula is C17H34. The van der Waals surface area contributed by atoms with Crippen molar-refractivity contribution in [1.29, 1.82) is 0 Å². The Morgan fingerprint density at radius 2 is 1.29 bits per heavy atom. The van der Waals surface area contributed by atoms with Crippen LogP contribution >= 0.6 is 0 Å². The van der Waals surface area contributed by atoms with Gasteiger partial charge in [0, 0.05) is 0 Å². The van der Waals surface area contributed by atoms with E-state index in [1.165, 1.54) is 64.2 Å². The van der Waals surface area contributed by atoms with E-state index in [4.69, 9.17) is 0 Å². The maximum absolute atomic E-state index is 3.88. The van der Waals surface area contributed by atoms with Crippen LogP contribution in [0.15, 0.2) is 12.7 Å². The smallest absolute Gasteiger partial charge is 0.0351 e. The minimum atomic E-state index is 0.958. The molecule has 0 aromatic rings. The van der Waals surface area contributed by atoms with E-state index in [1.807, 2.05) is 0 Å². The molecule has 0 fully saturated rings. The van der Waals surface area contributed by atoms with Crippen LogP contribution in [-0.4, -0.2) is 0 Å². The van der Waals surface area contributed by atoms with Gasteiger partial charge in [-0.05, 0) is 24.7 Å². The fourth-order valence-electron chi connectivity index (χ4n) is 2.87. The van der Waals surface area contributed by atoms with E-state index in [2.05, 4.69) is 33.4 Å². The van der Waals surface area contributed by atoms with E-state index in [1.54, 1.807) is 0 Å². The molecule has 2 atom stereocenters. The molecule has 0 heteroatoms. The van der Waals surface area contributed by atoms with Crippen LogP contribution in [0.5, 0.6) is 0 Å². The molecule has 17 heavy (non-hydrogen) atoms. The van der Waals surface area contributed by atoms with Crippen molar-refractivity contribution in [1.82, 2.24) is 0 Å². The fraction of sp³-hybridized carbons (Fsp3) is 0.882.